The number of anilines is 3. The third-order valence-electron chi connectivity index (χ3n) is 3.97. The van der Waals surface area contributed by atoms with Crippen LogP contribution in [-0.4, -0.2) is 14.9 Å². The Kier molecular flexibility index (Phi) is 5.46. The highest BCUT2D eigenvalue weighted by molar-refractivity contribution is 5.69. The van der Waals surface area contributed by atoms with Gasteiger partial charge in [0.25, 0.3) is 0 Å². The van der Waals surface area contributed by atoms with Crippen LogP contribution >= 0.6 is 0 Å². The van der Waals surface area contributed by atoms with Crippen molar-refractivity contribution in [2.45, 2.75) is 20.0 Å². The maximum absolute atomic E-state index is 11.4. The summed E-state index contributed by atoms with van der Waals surface area (Å²) in [5, 5.41) is 17.4. The van der Waals surface area contributed by atoms with Crippen LogP contribution in [0, 0.1) is 17.0 Å². The zero-order chi connectivity index (χ0) is 19.2. The van der Waals surface area contributed by atoms with E-state index in [4.69, 9.17) is 5.73 Å². The van der Waals surface area contributed by atoms with Crippen LogP contribution < -0.4 is 16.4 Å². The molecule has 3 aromatic rings. The van der Waals surface area contributed by atoms with Gasteiger partial charge in [0.2, 0.25) is 17.6 Å². The van der Waals surface area contributed by atoms with Gasteiger partial charge in [0, 0.05) is 13.1 Å². The van der Waals surface area contributed by atoms with Gasteiger partial charge in [0.1, 0.15) is 0 Å². The molecule has 8 nitrogen and oxygen atoms in total. The third-order valence-corrected chi connectivity index (χ3v) is 3.97. The summed E-state index contributed by atoms with van der Waals surface area (Å²) in [7, 11) is 0. The van der Waals surface area contributed by atoms with Crippen molar-refractivity contribution in [2.24, 2.45) is 0 Å². The van der Waals surface area contributed by atoms with Gasteiger partial charge in [0.15, 0.2) is 0 Å². The molecule has 1 heterocycles. The predicted molar refractivity (Wildman–Crippen MR) is 105 cm³/mol. The fourth-order valence-electron chi connectivity index (χ4n) is 2.52. The fourth-order valence-corrected chi connectivity index (χ4v) is 2.52. The Bertz CT molecular complexity index is 929. The second kappa shape index (κ2) is 8.13. The molecule has 0 aliphatic rings. The van der Waals surface area contributed by atoms with Crippen molar-refractivity contribution in [1.29, 1.82) is 0 Å². The molecule has 8 heteroatoms. The minimum atomic E-state index is -0.577. The standard InChI is InChI=1S/C19H20N6O2/c1-13-7-9-15(10-8-13)12-22-19-23-17(20)16(25(26)27)18(24-19)21-11-14-5-3-2-4-6-14/h2-10H,11-12H2,1H3,(H4,20,21,22,23,24). The molecule has 0 spiro atoms. The lowest BCUT2D eigenvalue weighted by atomic mass is 10.1. The number of rotatable bonds is 7. The van der Waals surface area contributed by atoms with Gasteiger partial charge in [-0.25, -0.2) is 0 Å². The van der Waals surface area contributed by atoms with Gasteiger partial charge < -0.3 is 16.4 Å². The summed E-state index contributed by atoms with van der Waals surface area (Å²) < 4.78 is 0. The Morgan fingerprint density at radius 3 is 2.26 bits per heavy atom. The molecule has 4 N–H and O–H groups in total. The first-order valence-electron chi connectivity index (χ1n) is 8.42. The fraction of sp³-hybridized carbons (Fsp3) is 0.158. The van der Waals surface area contributed by atoms with Gasteiger partial charge in [-0.2, -0.15) is 9.97 Å². The Hall–Kier alpha value is -3.68. The molecule has 0 radical (unpaired) electrons. The number of aromatic nitrogens is 2. The van der Waals surface area contributed by atoms with Crippen LogP contribution in [0.25, 0.3) is 0 Å². The van der Waals surface area contributed by atoms with Gasteiger partial charge in [-0.1, -0.05) is 60.2 Å². The molecule has 0 amide bonds. The highest BCUT2D eigenvalue weighted by Gasteiger charge is 2.23. The van der Waals surface area contributed by atoms with E-state index >= 15 is 0 Å². The summed E-state index contributed by atoms with van der Waals surface area (Å²) in [6.07, 6.45) is 0. The van der Waals surface area contributed by atoms with Crippen LogP contribution in [0.5, 0.6) is 0 Å². The van der Waals surface area contributed by atoms with Crippen molar-refractivity contribution in [3.8, 4) is 0 Å². The van der Waals surface area contributed by atoms with Crippen molar-refractivity contribution in [1.82, 2.24) is 9.97 Å². The topological polar surface area (TPSA) is 119 Å². The number of hydrogen-bond acceptors (Lipinski definition) is 7. The van der Waals surface area contributed by atoms with Crippen molar-refractivity contribution in [2.75, 3.05) is 16.4 Å². The van der Waals surface area contributed by atoms with Gasteiger partial charge in [0.05, 0.1) is 4.92 Å². The van der Waals surface area contributed by atoms with Gasteiger partial charge >= 0.3 is 5.69 Å². The average Bonchev–Trinajstić information content (AvgIpc) is 2.66. The molecule has 0 saturated heterocycles. The second-order valence-corrected chi connectivity index (χ2v) is 6.07. The lowest BCUT2D eigenvalue weighted by molar-refractivity contribution is -0.383. The normalized spacial score (nSPS) is 10.4. The summed E-state index contributed by atoms with van der Waals surface area (Å²) in [6.45, 7) is 2.88. The van der Waals surface area contributed by atoms with E-state index in [1.807, 2.05) is 61.5 Å². The second-order valence-electron chi connectivity index (χ2n) is 6.07. The zero-order valence-corrected chi connectivity index (χ0v) is 14.8. The third kappa shape index (κ3) is 4.69. The largest absolute Gasteiger partial charge is 0.378 e. The summed E-state index contributed by atoms with van der Waals surface area (Å²) >= 11 is 0. The first-order valence-corrected chi connectivity index (χ1v) is 8.42. The molecule has 0 unspecified atom stereocenters. The van der Waals surface area contributed by atoms with Gasteiger partial charge in [-0.3, -0.25) is 10.1 Å². The van der Waals surface area contributed by atoms with Crippen LogP contribution in [0.15, 0.2) is 54.6 Å². The molecule has 138 valence electrons. The highest BCUT2D eigenvalue weighted by Crippen LogP contribution is 2.29. The van der Waals surface area contributed by atoms with E-state index in [1.165, 1.54) is 5.56 Å². The first kappa shape index (κ1) is 18.1. The molecule has 1 aromatic heterocycles. The summed E-state index contributed by atoms with van der Waals surface area (Å²) in [4.78, 5) is 19.0. The molecule has 0 bridgehead atoms. The molecule has 27 heavy (non-hydrogen) atoms. The van der Waals surface area contributed by atoms with Crippen molar-refractivity contribution >= 4 is 23.3 Å². The number of nitro groups is 1. The molecule has 3 rings (SSSR count). The summed E-state index contributed by atoms with van der Waals surface area (Å²) in [5.74, 6) is 0.133. The molecule has 0 aliphatic carbocycles. The molecule has 0 aliphatic heterocycles. The summed E-state index contributed by atoms with van der Waals surface area (Å²) in [5.41, 5.74) is 8.66. The minimum absolute atomic E-state index is 0.0859. The van der Waals surface area contributed by atoms with Gasteiger partial charge in [-0.05, 0) is 18.1 Å². The van der Waals surface area contributed by atoms with E-state index < -0.39 is 4.92 Å². The maximum Gasteiger partial charge on any atom is 0.353 e. The van der Waals surface area contributed by atoms with Crippen LogP contribution in [0.4, 0.5) is 23.3 Å². The smallest absolute Gasteiger partial charge is 0.353 e. The number of nitrogens with two attached hydrogens (primary N) is 1. The molecule has 0 atom stereocenters. The number of nitrogen functional groups attached to an aromatic ring is 1. The summed E-state index contributed by atoms with van der Waals surface area (Å²) in [6, 6.07) is 17.5. The Morgan fingerprint density at radius 1 is 0.963 bits per heavy atom. The van der Waals surface area contributed by atoms with Crippen molar-refractivity contribution < 1.29 is 4.92 Å². The lowest BCUT2D eigenvalue weighted by Gasteiger charge is -2.11. The monoisotopic (exact) mass is 364 g/mol. The van der Waals surface area contributed by atoms with Crippen molar-refractivity contribution in [3.63, 3.8) is 0 Å². The number of nitrogens with one attached hydrogen (secondary N) is 2. The van der Waals surface area contributed by atoms with Crippen LogP contribution in [0.1, 0.15) is 16.7 Å². The first-order chi connectivity index (χ1) is 13.0. The predicted octanol–water partition coefficient (Wildman–Crippen LogP) is 3.50. The van der Waals surface area contributed by atoms with Crippen molar-refractivity contribution in [3.05, 3.63) is 81.4 Å². The zero-order valence-electron chi connectivity index (χ0n) is 14.8. The highest BCUT2D eigenvalue weighted by atomic mass is 16.6. The minimum Gasteiger partial charge on any atom is -0.378 e. The number of hydrogen-bond donors (Lipinski definition) is 3. The molecule has 0 saturated carbocycles. The lowest BCUT2D eigenvalue weighted by Crippen LogP contribution is -2.12. The maximum atomic E-state index is 11.4. The van der Waals surface area contributed by atoms with E-state index in [2.05, 4.69) is 20.6 Å². The van der Waals surface area contributed by atoms with Gasteiger partial charge in [-0.15, -0.1) is 0 Å². The SMILES string of the molecule is Cc1ccc(CNc2nc(N)c([N+](=O)[O-])c(NCc3ccccc3)n2)cc1. The molecular weight excluding hydrogens is 344 g/mol. The Labute approximate surface area is 156 Å². The molecular formula is C19H20N6O2. The molecule has 0 fully saturated rings. The van der Waals surface area contributed by atoms with E-state index in [0.29, 0.717) is 13.1 Å². The van der Waals surface area contributed by atoms with E-state index in [0.717, 1.165) is 11.1 Å². The number of benzene rings is 2. The van der Waals surface area contributed by atoms with E-state index in [-0.39, 0.29) is 23.3 Å². The van der Waals surface area contributed by atoms with Crippen LogP contribution in [-0.2, 0) is 13.1 Å². The quantitative estimate of drug-likeness (QED) is 0.433. The number of aryl methyl sites for hydroxylation is 1. The van der Waals surface area contributed by atoms with E-state index in [1.54, 1.807) is 0 Å². The van der Waals surface area contributed by atoms with Crippen LogP contribution in [0.3, 0.4) is 0 Å². The number of nitrogens with zero attached hydrogens (tertiary/aromatic N) is 3. The Balaban J connectivity index is 1.79. The van der Waals surface area contributed by atoms with E-state index in [9.17, 15) is 10.1 Å². The van der Waals surface area contributed by atoms with Crippen LogP contribution in [0.2, 0.25) is 0 Å². The Morgan fingerprint density at radius 2 is 1.59 bits per heavy atom. The average molecular weight is 364 g/mol. The molecule has 2 aromatic carbocycles.